The molecule has 2 aromatic carbocycles. The molecular weight excluding hydrogens is 642 g/mol. The van der Waals surface area contributed by atoms with Crippen molar-refractivity contribution in [3.05, 3.63) is 134 Å². The van der Waals surface area contributed by atoms with Gasteiger partial charge in [0.05, 0.1) is 11.9 Å². The number of aryl methyl sites for hydroxylation is 4. The molecule has 0 saturated carbocycles. The predicted octanol–water partition coefficient (Wildman–Crippen LogP) is 8.70. The molecule has 0 aliphatic rings. The van der Waals surface area contributed by atoms with Crippen LogP contribution in [-0.2, 0) is 0 Å². The van der Waals surface area contributed by atoms with Crippen molar-refractivity contribution in [1.29, 1.82) is 0 Å². The Kier molecular flexibility index (Phi) is 9.72. The summed E-state index contributed by atoms with van der Waals surface area (Å²) in [5.74, 6) is 1.95. The molecule has 0 radical (unpaired) electrons. The van der Waals surface area contributed by atoms with E-state index in [-0.39, 0.29) is 0 Å². The summed E-state index contributed by atoms with van der Waals surface area (Å²) >= 11 is 13.7. The molecule has 0 bridgehead atoms. The summed E-state index contributed by atoms with van der Waals surface area (Å²) in [6.07, 6.45) is 3.71. The van der Waals surface area contributed by atoms with Gasteiger partial charge in [-0.3, -0.25) is 5.10 Å². The van der Waals surface area contributed by atoms with Crippen LogP contribution < -0.4 is 0 Å². The highest BCUT2D eigenvalue weighted by molar-refractivity contribution is 14.1. The maximum Gasteiger partial charge on any atom is 0.159 e. The summed E-state index contributed by atoms with van der Waals surface area (Å²) in [6.45, 7) is 8.31. The second kappa shape index (κ2) is 13.2. The van der Waals surface area contributed by atoms with Gasteiger partial charge in [-0.15, -0.1) is 5.10 Å². The fourth-order valence-corrected chi connectivity index (χ4v) is 4.66. The number of rotatable bonds is 3. The van der Waals surface area contributed by atoms with Crippen LogP contribution in [0.1, 0.15) is 22.8 Å². The zero-order valence-electron chi connectivity index (χ0n) is 22.1. The van der Waals surface area contributed by atoms with Gasteiger partial charge in [0.25, 0.3) is 0 Å². The van der Waals surface area contributed by atoms with Gasteiger partial charge >= 0.3 is 0 Å². The Morgan fingerprint density at radius 2 is 1.15 bits per heavy atom. The van der Waals surface area contributed by atoms with Crippen LogP contribution in [0.3, 0.4) is 0 Å². The van der Waals surface area contributed by atoms with Crippen LogP contribution in [0.25, 0.3) is 17.3 Å². The van der Waals surface area contributed by atoms with Crippen molar-refractivity contribution in [2.75, 3.05) is 0 Å². The van der Waals surface area contributed by atoms with E-state index < -0.39 is 0 Å². The first-order valence-corrected chi connectivity index (χ1v) is 14.1. The number of nitrogens with zero attached hydrogens (tertiary/aromatic N) is 5. The summed E-state index contributed by atoms with van der Waals surface area (Å²) in [4.78, 5) is 0. The molecule has 9 heteroatoms. The monoisotopic (exact) mass is 670 g/mol. The molecule has 4 aromatic heterocycles. The Balaban J connectivity index is 0.000000150. The molecule has 200 valence electrons. The molecule has 0 spiro atoms. The molecular formula is C30H29Cl2IN6. The summed E-state index contributed by atoms with van der Waals surface area (Å²) in [5.41, 5.74) is 5.80. The van der Waals surface area contributed by atoms with E-state index in [1.165, 1.54) is 26.3 Å². The van der Waals surface area contributed by atoms with Crippen molar-refractivity contribution >= 4 is 45.8 Å². The minimum absolute atomic E-state index is 0.730. The van der Waals surface area contributed by atoms with Gasteiger partial charge in [-0.25, -0.2) is 4.68 Å². The maximum atomic E-state index is 5.89. The Morgan fingerprint density at radius 1 is 0.641 bits per heavy atom. The number of aromatic amines is 1. The minimum Gasteiger partial charge on any atom is -0.304 e. The predicted molar refractivity (Wildman–Crippen MR) is 169 cm³/mol. The molecule has 0 unspecified atom stereocenters. The second-order valence-corrected chi connectivity index (χ2v) is 11.0. The standard InChI is InChI=1S/C15H14ClN3.C9H11N3.C6H4ClI/c1-11-3-4-12(2)19(11)15-9-10-18(17-15)14-7-5-13(16)6-8-14;1-7-3-4-8(2)12(7)9-5-6-10-11-9;7-5-1-3-6(8)4-2-5/h3-10H,1-2H3;3-6H,1-2H3,(H,10,11);1-4H. The highest BCUT2D eigenvalue weighted by Gasteiger charge is 2.08. The fourth-order valence-electron chi connectivity index (χ4n) is 4.05. The molecule has 0 aliphatic heterocycles. The highest BCUT2D eigenvalue weighted by atomic mass is 127. The van der Waals surface area contributed by atoms with Crippen LogP contribution in [0.5, 0.6) is 0 Å². The van der Waals surface area contributed by atoms with Gasteiger partial charge in [0, 0.05) is 54.7 Å². The zero-order valence-corrected chi connectivity index (χ0v) is 25.8. The van der Waals surface area contributed by atoms with Crippen LogP contribution in [0.15, 0.2) is 97.3 Å². The van der Waals surface area contributed by atoms with E-state index in [4.69, 9.17) is 23.2 Å². The highest BCUT2D eigenvalue weighted by Crippen LogP contribution is 2.18. The number of nitrogens with one attached hydrogen (secondary N) is 1. The molecule has 6 rings (SSSR count). The van der Waals surface area contributed by atoms with Gasteiger partial charge in [-0.2, -0.15) is 5.10 Å². The summed E-state index contributed by atoms with van der Waals surface area (Å²) < 4.78 is 7.33. The number of hydrogen-bond acceptors (Lipinski definition) is 2. The minimum atomic E-state index is 0.730. The SMILES string of the molecule is Cc1ccc(C)n1-c1ccn(-c2ccc(Cl)cc2)n1.Cc1ccc(C)n1-c1ccn[nH]1.Clc1ccc(I)cc1. The first-order valence-electron chi connectivity index (χ1n) is 12.3. The van der Waals surface area contributed by atoms with Crippen LogP contribution in [0.2, 0.25) is 10.0 Å². The Hall–Kier alpha value is -3.27. The van der Waals surface area contributed by atoms with Gasteiger partial charge in [0.2, 0.25) is 0 Å². The second-order valence-electron chi connectivity index (χ2n) is 8.88. The van der Waals surface area contributed by atoms with Crippen molar-refractivity contribution in [2.45, 2.75) is 27.7 Å². The van der Waals surface area contributed by atoms with E-state index in [0.29, 0.717) is 0 Å². The lowest BCUT2D eigenvalue weighted by molar-refractivity contribution is 0.827. The van der Waals surface area contributed by atoms with Gasteiger partial charge in [-0.1, -0.05) is 23.2 Å². The van der Waals surface area contributed by atoms with Crippen LogP contribution in [0.4, 0.5) is 0 Å². The average Bonchev–Trinajstić information content (AvgIpc) is 3.72. The summed E-state index contributed by atoms with van der Waals surface area (Å²) in [6, 6.07) is 27.7. The van der Waals surface area contributed by atoms with Crippen molar-refractivity contribution < 1.29 is 0 Å². The van der Waals surface area contributed by atoms with Gasteiger partial charge < -0.3 is 9.13 Å². The molecule has 6 aromatic rings. The molecule has 6 nitrogen and oxygen atoms in total. The number of hydrogen-bond donors (Lipinski definition) is 1. The number of H-pyrrole nitrogens is 1. The lowest BCUT2D eigenvalue weighted by atomic mass is 10.3. The molecule has 0 fully saturated rings. The third-order valence-electron chi connectivity index (χ3n) is 5.97. The number of aromatic nitrogens is 6. The largest absolute Gasteiger partial charge is 0.304 e. The van der Waals surface area contributed by atoms with Crippen LogP contribution in [-0.4, -0.2) is 29.1 Å². The molecule has 0 amide bonds. The zero-order chi connectivity index (χ0) is 27.9. The normalized spacial score (nSPS) is 10.4. The molecule has 0 atom stereocenters. The van der Waals surface area contributed by atoms with Crippen molar-refractivity contribution in [3.63, 3.8) is 0 Å². The molecule has 0 aliphatic carbocycles. The molecule has 1 N–H and O–H groups in total. The van der Waals surface area contributed by atoms with Gasteiger partial charge in [-0.05, 0) is 123 Å². The third-order valence-corrected chi connectivity index (χ3v) is 7.19. The summed E-state index contributed by atoms with van der Waals surface area (Å²) in [5, 5.41) is 13.0. The molecule has 4 heterocycles. The quantitative estimate of drug-likeness (QED) is 0.192. The lowest BCUT2D eigenvalue weighted by Crippen LogP contribution is -2.01. The summed E-state index contributed by atoms with van der Waals surface area (Å²) in [7, 11) is 0. The first kappa shape index (κ1) is 28.7. The van der Waals surface area contributed by atoms with E-state index in [1.54, 1.807) is 6.20 Å². The van der Waals surface area contributed by atoms with Crippen molar-refractivity contribution in [2.24, 2.45) is 0 Å². The Morgan fingerprint density at radius 3 is 1.64 bits per heavy atom. The van der Waals surface area contributed by atoms with Crippen LogP contribution >= 0.6 is 45.8 Å². The smallest absolute Gasteiger partial charge is 0.159 e. The Labute approximate surface area is 252 Å². The first-order chi connectivity index (χ1) is 18.7. The number of benzene rings is 2. The Bertz CT molecular complexity index is 1550. The topological polar surface area (TPSA) is 56.4 Å². The van der Waals surface area contributed by atoms with Gasteiger partial charge in [0.1, 0.15) is 5.82 Å². The molecule has 0 saturated heterocycles. The van der Waals surface area contributed by atoms with E-state index >= 15 is 0 Å². The van der Waals surface area contributed by atoms with E-state index in [0.717, 1.165) is 27.4 Å². The van der Waals surface area contributed by atoms with Crippen molar-refractivity contribution in [1.82, 2.24) is 29.1 Å². The van der Waals surface area contributed by atoms with E-state index in [2.05, 4.69) is 99.0 Å². The number of halogens is 3. The third kappa shape index (κ3) is 7.44. The molecule has 39 heavy (non-hydrogen) atoms. The fraction of sp³-hybridized carbons (Fsp3) is 0.133. The van der Waals surface area contributed by atoms with Crippen molar-refractivity contribution in [3.8, 4) is 17.3 Å². The van der Waals surface area contributed by atoms with E-state index in [9.17, 15) is 0 Å². The lowest BCUT2D eigenvalue weighted by Gasteiger charge is -2.05. The van der Waals surface area contributed by atoms with E-state index in [1.807, 2.05) is 71.5 Å². The maximum absolute atomic E-state index is 5.89. The van der Waals surface area contributed by atoms with Crippen LogP contribution in [0, 0.1) is 31.3 Å². The van der Waals surface area contributed by atoms with Gasteiger partial charge in [0.15, 0.2) is 5.82 Å². The average molecular weight is 671 g/mol.